The predicted octanol–water partition coefficient (Wildman–Crippen LogP) is 8.34. The molecular weight excluding hydrogens is 464 g/mol. The number of nitrogens with zero attached hydrogens (tertiary/aromatic N) is 1. The second kappa shape index (κ2) is 13.6. The molecule has 0 spiro atoms. The average molecular weight is 513 g/mol. The lowest BCUT2D eigenvalue weighted by atomic mass is 9.79. The monoisotopic (exact) mass is 512 g/mol. The van der Waals surface area contributed by atoms with Gasteiger partial charge in [-0.15, -0.1) is 11.8 Å². The van der Waals surface area contributed by atoms with Gasteiger partial charge < -0.3 is 10.5 Å². The number of allylic oxidation sites excluding steroid dienone is 5. The molecule has 1 aliphatic rings. The van der Waals surface area contributed by atoms with Gasteiger partial charge in [-0.05, 0) is 118 Å². The lowest BCUT2D eigenvalue weighted by Crippen LogP contribution is -2.62. The van der Waals surface area contributed by atoms with Crippen molar-refractivity contribution in [2.75, 3.05) is 5.75 Å². The number of carbonyl (C=O) groups excluding carboxylic acids is 1. The van der Waals surface area contributed by atoms with Crippen molar-refractivity contribution >= 4 is 17.7 Å². The molecule has 2 N–H and O–H groups in total. The predicted molar refractivity (Wildman–Crippen MR) is 155 cm³/mol. The van der Waals surface area contributed by atoms with Crippen LogP contribution < -0.4 is 5.32 Å². The minimum absolute atomic E-state index is 0.0315. The van der Waals surface area contributed by atoms with Crippen molar-refractivity contribution in [1.82, 2.24) is 10.4 Å². The number of hydroxylamine groups is 2. The molecule has 0 aliphatic carbocycles. The quantitative estimate of drug-likeness (QED) is 0.231. The SMILES string of the molecule is CC(C)=CCC/C(C)=C/CC/C(C)=C/CSc1ccc(C(=O)NC2CC(C)(C)N(O)C(C)(C)C2)cc1. The van der Waals surface area contributed by atoms with Gasteiger partial charge in [-0.1, -0.05) is 34.9 Å². The third-order valence-corrected chi connectivity index (χ3v) is 7.83. The lowest BCUT2D eigenvalue weighted by molar-refractivity contribution is -0.245. The van der Waals surface area contributed by atoms with Crippen molar-refractivity contribution in [2.45, 2.75) is 116 Å². The van der Waals surface area contributed by atoms with Crippen LogP contribution in [0.3, 0.4) is 0 Å². The van der Waals surface area contributed by atoms with Gasteiger partial charge in [0.15, 0.2) is 0 Å². The van der Waals surface area contributed by atoms with Gasteiger partial charge in [0.1, 0.15) is 0 Å². The summed E-state index contributed by atoms with van der Waals surface area (Å²) in [5, 5.41) is 15.1. The zero-order valence-electron chi connectivity index (χ0n) is 23.8. The molecule has 1 fully saturated rings. The van der Waals surface area contributed by atoms with Crippen LogP contribution in [0.25, 0.3) is 0 Å². The fourth-order valence-electron chi connectivity index (χ4n) is 4.96. The Morgan fingerprint density at radius 1 is 0.944 bits per heavy atom. The highest BCUT2D eigenvalue weighted by Crippen LogP contribution is 2.36. The fraction of sp³-hybridized carbons (Fsp3) is 0.581. The van der Waals surface area contributed by atoms with Crippen LogP contribution in [0.5, 0.6) is 0 Å². The maximum atomic E-state index is 12.9. The van der Waals surface area contributed by atoms with Crippen LogP contribution in [0, 0.1) is 0 Å². The first kappa shape index (κ1) is 30.4. The summed E-state index contributed by atoms with van der Waals surface area (Å²) in [6.07, 6.45) is 12.9. The zero-order valence-corrected chi connectivity index (χ0v) is 24.6. The van der Waals surface area contributed by atoms with E-state index in [2.05, 4.69) is 51.2 Å². The summed E-state index contributed by atoms with van der Waals surface area (Å²) in [5.74, 6) is 0.888. The molecule has 2 rings (SSSR count). The van der Waals surface area contributed by atoms with Crippen LogP contribution in [0.15, 0.2) is 64.1 Å². The molecule has 0 unspecified atom stereocenters. The Labute approximate surface area is 224 Å². The highest BCUT2D eigenvalue weighted by atomic mass is 32.2. The Bertz CT molecular complexity index is 935. The summed E-state index contributed by atoms with van der Waals surface area (Å²) >= 11 is 1.79. The molecule has 0 bridgehead atoms. The highest BCUT2D eigenvalue weighted by molar-refractivity contribution is 7.99. The molecule has 0 saturated carbocycles. The van der Waals surface area contributed by atoms with Gasteiger partial charge in [0.05, 0.1) is 0 Å². The van der Waals surface area contributed by atoms with E-state index in [9.17, 15) is 10.0 Å². The summed E-state index contributed by atoms with van der Waals surface area (Å²) in [7, 11) is 0. The molecule has 36 heavy (non-hydrogen) atoms. The second-order valence-corrected chi connectivity index (χ2v) is 12.9. The largest absolute Gasteiger partial charge is 0.349 e. The summed E-state index contributed by atoms with van der Waals surface area (Å²) < 4.78 is 0. The molecule has 1 aliphatic heterocycles. The number of hydrogen-bond donors (Lipinski definition) is 2. The molecular formula is C31H48N2O2S. The standard InChI is InChI=1S/C31H48N2O2S/c1-23(2)11-9-12-24(3)13-10-14-25(4)19-20-36-28-17-15-26(16-18-28)29(34)32-27-21-30(5,6)33(35)31(7,8)22-27/h11,13,15-19,27,35H,9-10,12,14,20-22H2,1-8H3,(H,32,34)/b24-13+,25-19+. The summed E-state index contributed by atoms with van der Waals surface area (Å²) in [4.78, 5) is 14.0. The number of thioether (sulfide) groups is 1. The first-order valence-electron chi connectivity index (χ1n) is 13.3. The first-order chi connectivity index (χ1) is 16.8. The van der Waals surface area contributed by atoms with Gasteiger partial charge in [0.2, 0.25) is 0 Å². The zero-order chi connectivity index (χ0) is 26.9. The molecule has 1 heterocycles. The molecule has 5 heteroatoms. The molecule has 1 aromatic carbocycles. The van der Waals surface area contributed by atoms with Gasteiger partial charge in [-0.25, -0.2) is 0 Å². The number of benzene rings is 1. The van der Waals surface area contributed by atoms with Crippen LogP contribution >= 0.6 is 11.8 Å². The third-order valence-electron chi connectivity index (χ3n) is 6.89. The van der Waals surface area contributed by atoms with Crippen molar-refractivity contribution in [1.29, 1.82) is 0 Å². The topological polar surface area (TPSA) is 52.6 Å². The van der Waals surface area contributed by atoms with Crippen molar-refractivity contribution in [3.63, 3.8) is 0 Å². The van der Waals surface area contributed by atoms with E-state index >= 15 is 0 Å². The van der Waals surface area contributed by atoms with Crippen LogP contribution in [-0.2, 0) is 0 Å². The Morgan fingerprint density at radius 2 is 1.47 bits per heavy atom. The normalized spacial score (nSPS) is 18.7. The third kappa shape index (κ3) is 9.91. The van der Waals surface area contributed by atoms with E-state index < -0.39 is 0 Å². The molecule has 200 valence electrons. The molecule has 1 amide bonds. The minimum Gasteiger partial charge on any atom is -0.349 e. The van der Waals surface area contributed by atoms with E-state index in [0.29, 0.717) is 18.4 Å². The Kier molecular flexibility index (Phi) is 11.5. The Balaban J connectivity index is 1.79. The number of carbonyl (C=O) groups is 1. The summed E-state index contributed by atoms with van der Waals surface area (Å²) in [5.41, 5.74) is 4.21. The van der Waals surface area contributed by atoms with E-state index in [1.807, 2.05) is 52.0 Å². The Morgan fingerprint density at radius 3 is 2.03 bits per heavy atom. The van der Waals surface area contributed by atoms with E-state index in [0.717, 1.165) is 31.4 Å². The molecule has 0 aromatic heterocycles. The van der Waals surface area contributed by atoms with Crippen LogP contribution in [0.2, 0.25) is 0 Å². The van der Waals surface area contributed by atoms with Gasteiger partial charge >= 0.3 is 0 Å². The van der Waals surface area contributed by atoms with Gasteiger partial charge in [-0.3, -0.25) is 4.79 Å². The van der Waals surface area contributed by atoms with Crippen molar-refractivity contribution in [2.24, 2.45) is 0 Å². The van der Waals surface area contributed by atoms with E-state index in [1.165, 1.54) is 26.7 Å². The molecule has 1 aromatic rings. The number of piperidine rings is 1. The Hall–Kier alpha value is -1.82. The number of nitrogens with one attached hydrogen (secondary N) is 1. The van der Waals surface area contributed by atoms with Crippen molar-refractivity contribution < 1.29 is 10.0 Å². The van der Waals surface area contributed by atoms with E-state index in [1.54, 1.807) is 11.8 Å². The summed E-state index contributed by atoms with van der Waals surface area (Å²) in [6.45, 7) is 16.8. The average Bonchev–Trinajstić information content (AvgIpc) is 2.77. The van der Waals surface area contributed by atoms with Crippen LogP contribution in [0.1, 0.15) is 104 Å². The lowest BCUT2D eigenvalue weighted by Gasteiger charge is -2.51. The summed E-state index contributed by atoms with van der Waals surface area (Å²) in [6, 6.07) is 7.92. The number of amides is 1. The van der Waals surface area contributed by atoms with Crippen molar-refractivity contribution in [3.8, 4) is 0 Å². The van der Waals surface area contributed by atoms with E-state index in [4.69, 9.17) is 0 Å². The van der Waals surface area contributed by atoms with Crippen LogP contribution in [-0.4, -0.2) is 39.1 Å². The van der Waals surface area contributed by atoms with Crippen LogP contribution in [0.4, 0.5) is 0 Å². The van der Waals surface area contributed by atoms with E-state index in [-0.39, 0.29) is 23.0 Å². The smallest absolute Gasteiger partial charge is 0.251 e. The van der Waals surface area contributed by atoms with Gasteiger partial charge in [0.25, 0.3) is 5.91 Å². The maximum absolute atomic E-state index is 12.9. The molecule has 1 saturated heterocycles. The minimum atomic E-state index is -0.383. The molecule has 4 nitrogen and oxygen atoms in total. The molecule has 0 radical (unpaired) electrons. The second-order valence-electron chi connectivity index (χ2n) is 11.8. The fourth-order valence-corrected chi connectivity index (χ4v) is 5.85. The number of rotatable bonds is 11. The number of hydrogen-bond acceptors (Lipinski definition) is 4. The first-order valence-corrected chi connectivity index (χ1v) is 14.3. The van der Waals surface area contributed by atoms with Gasteiger partial charge in [-0.2, -0.15) is 5.06 Å². The highest BCUT2D eigenvalue weighted by Gasteiger charge is 2.45. The van der Waals surface area contributed by atoms with Gasteiger partial charge in [0, 0.05) is 33.3 Å². The maximum Gasteiger partial charge on any atom is 0.251 e. The van der Waals surface area contributed by atoms with Crippen molar-refractivity contribution in [3.05, 3.63) is 64.8 Å². The molecule has 0 atom stereocenters.